The maximum Gasteiger partial charge on any atom is 0.228 e. The molecule has 0 unspecified atom stereocenters. The van der Waals surface area contributed by atoms with Crippen LogP contribution in [0, 0.1) is 12.7 Å². The van der Waals surface area contributed by atoms with Crippen LogP contribution in [0.2, 0.25) is 5.02 Å². The summed E-state index contributed by atoms with van der Waals surface area (Å²) in [6, 6.07) is 15.1. The molecular weight excluding hydrogens is 353 g/mol. The number of anilines is 3. The highest BCUT2D eigenvalue weighted by atomic mass is 35.5. The van der Waals surface area contributed by atoms with E-state index < -0.39 is 0 Å². The van der Waals surface area contributed by atoms with Crippen LogP contribution in [-0.4, -0.2) is 10.9 Å². The van der Waals surface area contributed by atoms with Crippen LogP contribution in [0.15, 0.2) is 60.8 Å². The molecule has 2 N–H and O–H groups in total. The molecule has 0 atom stereocenters. The van der Waals surface area contributed by atoms with E-state index in [0.29, 0.717) is 22.1 Å². The Hall–Kier alpha value is -2.92. The van der Waals surface area contributed by atoms with E-state index in [4.69, 9.17) is 11.6 Å². The van der Waals surface area contributed by atoms with Crippen LogP contribution in [0.5, 0.6) is 0 Å². The molecule has 0 radical (unpaired) electrons. The zero-order valence-electron chi connectivity index (χ0n) is 14.1. The highest BCUT2D eigenvalue weighted by molar-refractivity contribution is 6.30. The third-order valence-electron chi connectivity index (χ3n) is 3.75. The minimum absolute atomic E-state index is 0.0989. The first-order chi connectivity index (χ1) is 12.5. The van der Waals surface area contributed by atoms with Crippen LogP contribution in [0.3, 0.4) is 0 Å². The van der Waals surface area contributed by atoms with E-state index in [1.807, 2.05) is 19.1 Å². The molecule has 0 aliphatic carbocycles. The first-order valence-electron chi connectivity index (χ1n) is 8.03. The Labute approximate surface area is 156 Å². The summed E-state index contributed by atoms with van der Waals surface area (Å²) < 4.78 is 13.2. The maximum atomic E-state index is 13.2. The summed E-state index contributed by atoms with van der Waals surface area (Å²) in [7, 11) is 0. The summed E-state index contributed by atoms with van der Waals surface area (Å²) in [4.78, 5) is 16.3. The van der Waals surface area contributed by atoms with Crippen molar-refractivity contribution in [1.29, 1.82) is 0 Å². The first-order valence-corrected chi connectivity index (χ1v) is 8.41. The fourth-order valence-corrected chi connectivity index (χ4v) is 2.71. The SMILES string of the molecule is Cc1cc(Cl)ccc1Nc1ccc(NC(=O)Cc2cccc(F)c2)cn1. The van der Waals surface area contributed by atoms with E-state index >= 15 is 0 Å². The fourth-order valence-electron chi connectivity index (χ4n) is 2.48. The second-order valence-electron chi connectivity index (χ2n) is 5.87. The Morgan fingerprint density at radius 3 is 2.69 bits per heavy atom. The lowest BCUT2D eigenvalue weighted by Gasteiger charge is -2.10. The lowest BCUT2D eigenvalue weighted by atomic mass is 10.1. The minimum Gasteiger partial charge on any atom is -0.340 e. The summed E-state index contributed by atoms with van der Waals surface area (Å²) >= 11 is 5.95. The van der Waals surface area contributed by atoms with Crippen LogP contribution in [0.1, 0.15) is 11.1 Å². The van der Waals surface area contributed by atoms with Crippen molar-refractivity contribution in [1.82, 2.24) is 4.98 Å². The number of rotatable bonds is 5. The van der Waals surface area contributed by atoms with Gasteiger partial charge in [-0.25, -0.2) is 9.37 Å². The molecule has 1 aromatic heterocycles. The van der Waals surface area contributed by atoms with Crippen LogP contribution >= 0.6 is 11.6 Å². The number of halogens is 2. The zero-order chi connectivity index (χ0) is 18.5. The van der Waals surface area contributed by atoms with E-state index in [2.05, 4.69) is 15.6 Å². The molecule has 0 fully saturated rings. The minimum atomic E-state index is -0.357. The molecule has 0 saturated heterocycles. The summed E-state index contributed by atoms with van der Waals surface area (Å²) in [6.45, 7) is 1.95. The van der Waals surface area contributed by atoms with Gasteiger partial charge in [-0.15, -0.1) is 0 Å². The monoisotopic (exact) mass is 369 g/mol. The second kappa shape index (κ2) is 7.97. The van der Waals surface area contributed by atoms with E-state index in [9.17, 15) is 9.18 Å². The molecule has 0 bridgehead atoms. The van der Waals surface area contributed by atoms with Crippen LogP contribution in [-0.2, 0) is 11.2 Å². The van der Waals surface area contributed by atoms with Gasteiger partial charge in [-0.2, -0.15) is 0 Å². The molecule has 0 aliphatic rings. The molecule has 2 aromatic carbocycles. The highest BCUT2D eigenvalue weighted by Crippen LogP contribution is 2.23. The highest BCUT2D eigenvalue weighted by Gasteiger charge is 2.06. The molecule has 132 valence electrons. The Bertz CT molecular complexity index is 929. The number of carbonyl (C=O) groups excluding carboxylic acids is 1. The Morgan fingerprint density at radius 2 is 2.00 bits per heavy atom. The van der Waals surface area contributed by atoms with Gasteiger partial charge in [0, 0.05) is 10.7 Å². The molecule has 6 heteroatoms. The molecule has 1 heterocycles. The quantitative estimate of drug-likeness (QED) is 0.657. The van der Waals surface area contributed by atoms with Crippen molar-refractivity contribution in [2.24, 2.45) is 0 Å². The topological polar surface area (TPSA) is 54.0 Å². The Balaban J connectivity index is 1.61. The van der Waals surface area contributed by atoms with Crippen molar-refractivity contribution in [3.8, 4) is 0 Å². The van der Waals surface area contributed by atoms with E-state index in [0.717, 1.165) is 11.3 Å². The molecule has 0 saturated carbocycles. The van der Waals surface area contributed by atoms with Crippen LogP contribution in [0.25, 0.3) is 0 Å². The standard InChI is InChI=1S/C20H17ClFN3O/c1-13-9-15(21)5-7-18(13)25-19-8-6-17(12-23-19)24-20(26)11-14-3-2-4-16(22)10-14/h2-10,12H,11H2,1H3,(H,23,25)(H,24,26). The third-order valence-corrected chi connectivity index (χ3v) is 3.99. The first kappa shape index (κ1) is 17.9. The summed E-state index contributed by atoms with van der Waals surface area (Å²) in [6.07, 6.45) is 1.67. The number of hydrogen-bond donors (Lipinski definition) is 2. The molecule has 1 amide bonds. The van der Waals surface area contributed by atoms with Gasteiger partial charge < -0.3 is 10.6 Å². The van der Waals surface area contributed by atoms with Crippen LogP contribution in [0.4, 0.5) is 21.6 Å². The summed E-state index contributed by atoms with van der Waals surface area (Å²) in [5.74, 6) is 0.0649. The number of carbonyl (C=O) groups is 1. The van der Waals surface area contributed by atoms with Crippen molar-refractivity contribution in [2.75, 3.05) is 10.6 Å². The second-order valence-corrected chi connectivity index (χ2v) is 6.31. The van der Waals surface area contributed by atoms with E-state index in [1.54, 1.807) is 36.5 Å². The van der Waals surface area contributed by atoms with Gasteiger partial charge in [0.15, 0.2) is 0 Å². The van der Waals surface area contributed by atoms with Crippen molar-refractivity contribution in [3.63, 3.8) is 0 Å². The third kappa shape index (κ3) is 4.80. The molecule has 3 rings (SSSR count). The number of benzene rings is 2. The van der Waals surface area contributed by atoms with Crippen LogP contribution < -0.4 is 10.6 Å². The fraction of sp³-hybridized carbons (Fsp3) is 0.100. The predicted molar refractivity (Wildman–Crippen MR) is 102 cm³/mol. The van der Waals surface area contributed by atoms with Gasteiger partial charge >= 0.3 is 0 Å². The number of aromatic nitrogens is 1. The largest absolute Gasteiger partial charge is 0.340 e. The van der Waals surface area contributed by atoms with Gasteiger partial charge in [0.05, 0.1) is 18.3 Å². The van der Waals surface area contributed by atoms with Gasteiger partial charge in [0.2, 0.25) is 5.91 Å². The van der Waals surface area contributed by atoms with Crippen molar-refractivity contribution in [2.45, 2.75) is 13.3 Å². The summed E-state index contributed by atoms with van der Waals surface area (Å²) in [5.41, 5.74) is 3.10. The Morgan fingerprint density at radius 1 is 1.15 bits per heavy atom. The van der Waals surface area contributed by atoms with Crippen molar-refractivity contribution in [3.05, 3.63) is 82.8 Å². The summed E-state index contributed by atoms with van der Waals surface area (Å²) in [5, 5.41) is 6.63. The van der Waals surface area contributed by atoms with E-state index in [1.165, 1.54) is 12.1 Å². The number of nitrogens with zero attached hydrogens (tertiary/aromatic N) is 1. The predicted octanol–water partition coefficient (Wildman–Crippen LogP) is 5.11. The van der Waals surface area contributed by atoms with Gasteiger partial charge in [-0.1, -0.05) is 23.7 Å². The lowest BCUT2D eigenvalue weighted by Crippen LogP contribution is -2.14. The molecular formula is C20H17ClFN3O. The number of aryl methyl sites for hydroxylation is 1. The molecule has 26 heavy (non-hydrogen) atoms. The average Bonchev–Trinajstić information content (AvgIpc) is 2.59. The molecule has 3 aromatic rings. The molecule has 4 nitrogen and oxygen atoms in total. The van der Waals surface area contributed by atoms with Gasteiger partial charge in [0.1, 0.15) is 11.6 Å². The normalized spacial score (nSPS) is 10.4. The van der Waals surface area contributed by atoms with Crippen molar-refractivity contribution < 1.29 is 9.18 Å². The van der Waals surface area contributed by atoms with E-state index in [-0.39, 0.29) is 18.1 Å². The smallest absolute Gasteiger partial charge is 0.228 e. The Kier molecular flexibility index (Phi) is 5.49. The molecule has 0 spiro atoms. The molecule has 0 aliphatic heterocycles. The van der Waals surface area contributed by atoms with Gasteiger partial charge in [-0.05, 0) is 60.5 Å². The number of hydrogen-bond acceptors (Lipinski definition) is 3. The maximum absolute atomic E-state index is 13.2. The number of pyridine rings is 1. The average molecular weight is 370 g/mol. The van der Waals surface area contributed by atoms with Gasteiger partial charge in [-0.3, -0.25) is 4.79 Å². The van der Waals surface area contributed by atoms with Gasteiger partial charge in [0.25, 0.3) is 0 Å². The zero-order valence-corrected chi connectivity index (χ0v) is 14.8. The number of amides is 1. The lowest BCUT2D eigenvalue weighted by molar-refractivity contribution is -0.115. The number of nitrogens with one attached hydrogen (secondary N) is 2. The van der Waals surface area contributed by atoms with Crippen molar-refractivity contribution >= 4 is 34.7 Å².